The summed E-state index contributed by atoms with van der Waals surface area (Å²) in [5.41, 5.74) is -0.356. The fourth-order valence-corrected chi connectivity index (χ4v) is 12.0. The predicted molar refractivity (Wildman–Crippen MR) is 377 cm³/mol. The van der Waals surface area contributed by atoms with E-state index in [-0.39, 0.29) is 305 Å². The summed E-state index contributed by atoms with van der Waals surface area (Å²) in [6, 6.07) is 48.7. The molecule has 9 aromatic rings. The second-order valence-electron chi connectivity index (χ2n) is 17.6. The largest absolute Gasteiger partial charge is 2.00 e. The maximum Gasteiger partial charge on any atom is 2.00 e. The Labute approximate surface area is 857 Å². The topological polar surface area (TPSA) is 765 Å². The molecule has 2 heterocycles. The first-order valence-electron chi connectivity index (χ1n) is 25.5. The van der Waals surface area contributed by atoms with Crippen molar-refractivity contribution < 1.29 is 376 Å². The van der Waals surface area contributed by atoms with E-state index < -0.39 is 131 Å². The van der Waals surface area contributed by atoms with Gasteiger partial charge in [-0.3, -0.25) is 26.4 Å². The van der Waals surface area contributed by atoms with Crippen LogP contribution in [0.1, 0.15) is 36.0 Å². The van der Waals surface area contributed by atoms with Crippen LogP contribution in [0.25, 0.3) is 0 Å². The van der Waals surface area contributed by atoms with Gasteiger partial charge in [-0.1, -0.05) is 66.0 Å². The van der Waals surface area contributed by atoms with Crippen LogP contribution in [-0.2, 0) is 273 Å². The van der Waals surface area contributed by atoms with Gasteiger partial charge >= 0.3 is 190 Å². The van der Waals surface area contributed by atoms with Gasteiger partial charge in [-0.25, -0.2) is 28.2 Å². The second kappa shape index (κ2) is 78.0. The van der Waals surface area contributed by atoms with Crippen LogP contribution in [-0.4, -0.2) is 69.8 Å². The molecule has 0 N–H and O–H groups in total. The first kappa shape index (κ1) is 166. The first-order chi connectivity index (χ1) is 48.5. The summed E-state index contributed by atoms with van der Waals surface area (Å²) in [7, 11) is -47.6. The quantitative estimate of drug-likeness (QED) is 0.0291. The zero-order valence-electron chi connectivity index (χ0n) is 63.5. The van der Waals surface area contributed by atoms with Gasteiger partial charge in [0.1, 0.15) is 28.1 Å². The van der Waals surface area contributed by atoms with E-state index in [1.807, 2.05) is 0 Å². The minimum Gasteiger partial charge on any atom is -0.816 e. The van der Waals surface area contributed by atoms with E-state index in [1.54, 1.807) is 11.4 Å². The van der Waals surface area contributed by atoms with Gasteiger partial charge in [0.15, 0.2) is 0 Å². The number of phosphoric acid groups is 2. The van der Waals surface area contributed by atoms with Crippen molar-refractivity contribution in [1.29, 1.82) is 0 Å². The molecular formula is C63H57O40P6S6W9-19. The Hall–Kier alpha value is -1.40. The Bertz CT molecular complexity index is 4970. The maximum absolute atomic E-state index is 10.7. The third-order valence-electron chi connectivity index (χ3n) is 9.80. The molecular weight excluding hydrogens is 3430 g/mol. The maximum atomic E-state index is 10.7. The van der Waals surface area contributed by atoms with Crippen LogP contribution in [0.15, 0.2) is 188 Å². The van der Waals surface area contributed by atoms with Crippen molar-refractivity contribution in [3.05, 3.63) is 311 Å². The molecule has 0 atom stereocenters. The fourth-order valence-electron chi connectivity index (χ4n) is 5.65. The Morgan fingerprint density at radius 3 is 0.992 bits per heavy atom. The molecule has 0 aliphatic heterocycles. The SMILES string of the molecule is O=C(O[O-])c1c[c-]cc(C(=O)O[O-])c1.O=C([O-])c1[c-]ccs1.O=P([O-])([O-])Cc1c[c-]cc(OP(=O)([O-])[O-])c1.O=P([O-])([O-])Oc1cc[c-]cc1.O=P([O-])([O-])c1c[c-]cc(P(=O)([O-])[O-])c1.O=P([O-])([O-])c1cc[c-]cc1.O=S(=O)([O-])c1[c-]scc1.O=S(=O)([O-])c1c[c-]cc(S(=O)(=O)[O-])c1.O=S(=O)([O-])c1cc[c-]cc1.[CH3-].[CH3-].[CH3-].[CH3-].[CH3-].[CH3-].[CH3-].[CH3-].[CH3-].[W+2].[W+2].[W+2].[W+2].[W+2].[W+2].[W+2].[W+2].[W+2]. The Morgan fingerprint density at radius 1 is 0.371 bits per heavy atom. The monoisotopic (exact) mass is 3490 g/mol. The van der Waals surface area contributed by atoms with Gasteiger partial charge in [-0.15, -0.1) is 68.6 Å². The van der Waals surface area contributed by atoms with E-state index in [0.717, 1.165) is 77.3 Å². The summed E-state index contributed by atoms with van der Waals surface area (Å²) in [4.78, 5) is 160. The van der Waals surface area contributed by atoms with Gasteiger partial charge in [0.05, 0.1) is 28.1 Å². The number of carboxylic acids is 1. The van der Waals surface area contributed by atoms with E-state index >= 15 is 0 Å². The molecule has 688 valence electrons. The van der Waals surface area contributed by atoms with Crippen LogP contribution in [0.3, 0.4) is 0 Å². The standard InChI is InChI=1S/C8H5O6.C7H9O7P2.C6H7O6P2.C6H5O6S2.C6H6O4P.C6H6O3P.C6H5O3S.C5H3O2S.C4H3O3S2.9CH3.9W/c9-7(13-11)5-2-1-3-6(4-5)8(10)14-12;8-15(9,10)5-6-2-1-3-7(4-6)14-16(11,12)13;2*7-13(8,9)5-2-1-3-6(4-5)14(10,11)12;7-11(8,9)10-6-4-2-1-3-5-6;2*7-10(8,9)6-4-2-1-3-5-6;6-5(7)4-2-1-3-8-4;5-9(6,7)4-1-2-8-3-4;;;;;;;;;;;;;;;;;;/h2-4,11-12H;2-4H,5H2,(H2,8,9,10)(H2,11,12,13);2-4H,(H2,7,8,9)(H2,10,11,12);2-4H,(H,7,8,9)(H,10,11,12);2-5H,(H2,7,8,9);2-5H,(H2,7,8,9);2-5H,(H,7,8,9);1,3H,(H,6,7);1-2H,(H,5,6,7);9*1H3;;;;;;;;;/q18*-1;9*+2/p-19. The minimum atomic E-state index is -5.20. The van der Waals surface area contributed by atoms with Crippen molar-refractivity contribution in [3.8, 4) is 11.5 Å². The van der Waals surface area contributed by atoms with Crippen molar-refractivity contribution in [2.45, 2.75) is 25.7 Å². The molecule has 0 aliphatic rings. The van der Waals surface area contributed by atoms with E-state index in [4.69, 9.17) is 0 Å². The van der Waals surface area contributed by atoms with Gasteiger partial charge in [0, 0.05) is 11.5 Å². The molecule has 7 aromatic carbocycles. The number of rotatable bonds is 16. The molecule has 0 aliphatic carbocycles. The van der Waals surface area contributed by atoms with Crippen molar-refractivity contribution in [3.63, 3.8) is 0 Å². The number of aromatic carboxylic acids is 1. The average Bonchev–Trinajstić information content (AvgIpc) is 1.03. The third kappa shape index (κ3) is 77.1. The third-order valence-corrected chi connectivity index (χ3v) is 18.9. The molecule has 0 amide bonds. The summed E-state index contributed by atoms with van der Waals surface area (Å²) < 4.78 is 194. The molecule has 0 fully saturated rings. The van der Waals surface area contributed by atoms with Crippen LogP contribution < -0.4 is 99.3 Å². The van der Waals surface area contributed by atoms with Crippen LogP contribution >= 0.6 is 68.7 Å². The molecule has 9 rings (SSSR count). The van der Waals surface area contributed by atoms with Crippen molar-refractivity contribution in [2.75, 3.05) is 0 Å². The number of thiophene rings is 2. The Kier molecular flexibility index (Phi) is 104. The van der Waals surface area contributed by atoms with E-state index in [9.17, 15) is 168 Å². The predicted octanol–water partition coefficient (Wildman–Crippen LogP) is -4.18. The normalized spacial score (nSPS) is 9.79. The smallest absolute Gasteiger partial charge is 0.816 e. The van der Waals surface area contributed by atoms with Crippen molar-refractivity contribution >= 4 is 143 Å². The first-order valence-corrected chi connectivity index (χ1v) is 42.2. The number of hydrogen-bond donors (Lipinski definition) is 0. The average molecular weight is 3490 g/mol. The fraction of sp³-hybridized carbons (Fsp3) is 0.0159. The molecule has 124 heavy (non-hydrogen) atoms. The number of carbonyl (C=O) groups excluding carboxylic acids is 3. The molecule has 61 heteroatoms. The summed E-state index contributed by atoms with van der Waals surface area (Å²) in [5, 5.41) is 33.1. The zero-order chi connectivity index (χ0) is 81.4. The van der Waals surface area contributed by atoms with Gasteiger partial charge in [-0.05, 0) is 12.1 Å². The molecule has 0 spiro atoms. The summed E-state index contributed by atoms with van der Waals surface area (Å²) >= 11 is 2.18. The number of phosphoric ester groups is 2. The van der Waals surface area contributed by atoms with Crippen LogP contribution in [0.5, 0.6) is 11.5 Å². The summed E-state index contributed by atoms with van der Waals surface area (Å²) in [6.07, 6.45) is -0.803. The van der Waals surface area contributed by atoms with E-state index in [1.165, 1.54) is 90.3 Å². The number of benzene rings is 7. The molecule has 0 radical (unpaired) electrons. The van der Waals surface area contributed by atoms with Crippen molar-refractivity contribution in [1.82, 2.24) is 0 Å². The molecule has 0 saturated heterocycles. The summed E-state index contributed by atoms with van der Waals surface area (Å²) in [5.74, 6) is -3.85. The molecule has 0 bridgehead atoms. The number of hydrogen-bond acceptors (Lipinski definition) is 42. The summed E-state index contributed by atoms with van der Waals surface area (Å²) in [6.45, 7) is 0. The molecule has 40 nitrogen and oxygen atoms in total. The zero-order valence-corrected chi connectivity index (χ0v) is 100. The van der Waals surface area contributed by atoms with Crippen molar-refractivity contribution in [2.24, 2.45) is 0 Å². The number of carboxylic acid groups (broad SMARTS) is 1. The van der Waals surface area contributed by atoms with Gasteiger partial charge in [0.2, 0.25) is 0 Å². The van der Waals surface area contributed by atoms with E-state index in [0.29, 0.717) is 12.1 Å². The Morgan fingerprint density at radius 2 is 0.718 bits per heavy atom. The van der Waals surface area contributed by atoms with Gasteiger partial charge in [0.25, 0.3) is 11.9 Å². The number of carbonyl (C=O) groups is 3. The molecule has 0 unspecified atom stereocenters. The minimum absolute atomic E-state index is 0. The molecule has 2 aromatic heterocycles. The molecule has 0 saturated carbocycles. The van der Waals surface area contributed by atoms with Gasteiger partial charge in [-0.2, -0.15) is 175 Å². The second-order valence-corrected chi connectivity index (χ2v) is 33.0. The van der Waals surface area contributed by atoms with Crippen LogP contribution in [0, 0.1) is 121 Å². The Balaban J connectivity index is -0.0000000629. The van der Waals surface area contributed by atoms with Gasteiger partial charge < -0.3 is 222 Å². The van der Waals surface area contributed by atoms with Crippen LogP contribution in [0.4, 0.5) is 0 Å². The van der Waals surface area contributed by atoms with Crippen LogP contribution in [0.2, 0.25) is 0 Å². The van der Waals surface area contributed by atoms with E-state index in [2.05, 4.69) is 72.7 Å².